The summed E-state index contributed by atoms with van der Waals surface area (Å²) in [6.07, 6.45) is 4.39. The lowest BCUT2D eigenvalue weighted by Gasteiger charge is -2.11. The number of amides is 1. The highest BCUT2D eigenvalue weighted by atomic mass is 19.1. The SMILES string of the molecule is CN1C(=O)[C@H](c2ccc(F)c(-c3cncnc3)c2)N=C1N. The Morgan fingerprint density at radius 2 is 2.00 bits per heavy atom. The summed E-state index contributed by atoms with van der Waals surface area (Å²) in [5.41, 5.74) is 7.07. The summed E-state index contributed by atoms with van der Waals surface area (Å²) in [6.45, 7) is 0. The second kappa shape index (κ2) is 4.93. The molecule has 1 amide bonds. The van der Waals surface area contributed by atoms with Crippen LogP contribution in [0.5, 0.6) is 0 Å². The molecule has 7 heteroatoms. The van der Waals surface area contributed by atoms with Gasteiger partial charge in [-0.3, -0.25) is 9.69 Å². The van der Waals surface area contributed by atoms with Crippen molar-refractivity contribution in [3.63, 3.8) is 0 Å². The van der Waals surface area contributed by atoms with E-state index in [9.17, 15) is 9.18 Å². The standard InChI is InChI=1S/C14H12FN5O/c1-20-13(21)12(19-14(20)16)8-2-3-11(15)10(4-8)9-5-17-7-18-6-9/h2-7,12H,1H3,(H2,16,19)/t12-/m0/s1. The highest BCUT2D eigenvalue weighted by Gasteiger charge is 2.32. The Hall–Kier alpha value is -2.83. The number of aromatic nitrogens is 2. The van der Waals surface area contributed by atoms with Gasteiger partial charge in [0.05, 0.1) is 0 Å². The van der Waals surface area contributed by atoms with E-state index in [2.05, 4.69) is 15.0 Å². The van der Waals surface area contributed by atoms with Crippen LogP contribution in [-0.4, -0.2) is 33.8 Å². The molecule has 0 aliphatic carbocycles. The maximum atomic E-state index is 14.0. The summed E-state index contributed by atoms with van der Waals surface area (Å²) >= 11 is 0. The van der Waals surface area contributed by atoms with Gasteiger partial charge in [0.1, 0.15) is 12.1 Å². The minimum atomic E-state index is -0.737. The third-order valence-electron chi connectivity index (χ3n) is 3.35. The van der Waals surface area contributed by atoms with Crippen molar-refractivity contribution in [3.05, 3.63) is 48.3 Å². The number of hydrogen-bond donors (Lipinski definition) is 1. The molecule has 1 aromatic carbocycles. The fourth-order valence-corrected chi connectivity index (χ4v) is 2.16. The topological polar surface area (TPSA) is 84.5 Å². The van der Waals surface area contributed by atoms with Gasteiger partial charge in [0.15, 0.2) is 12.0 Å². The van der Waals surface area contributed by atoms with Crippen LogP contribution in [-0.2, 0) is 4.79 Å². The Balaban J connectivity index is 2.05. The lowest BCUT2D eigenvalue weighted by atomic mass is 10.0. The fraction of sp³-hybridized carbons (Fsp3) is 0.143. The van der Waals surface area contributed by atoms with Gasteiger partial charge in [-0.25, -0.2) is 19.4 Å². The molecule has 3 rings (SSSR count). The number of aliphatic imine (C=N–C) groups is 1. The lowest BCUT2D eigenvalue weighted by molar-refractivity contribution is -0.126. The van der Waals surface area contributed by atoms with Crippen LogP contribution in [0.2, 0.25) is 0 Å². The molecule has 106 valence electrons. The van der Waals surface area contributed by atoms with Crippen LogP contribution in [0.3, 0.4) is 0 Å². The van der Waals surface area contributed by atoms with Gasteiger partial charge in [0.2, 0.25) is 0 Å². The van der Waals surface area contributed by atoms with E-state index in [0.29, 0.717) is 16.7 Å². The van der Waals surface area contributed by atoms with Crippen molar-refractivity contribution in [3.8, 4) is 11.1 Å². The zero-order valence-corrected chi connectivity index (χ0v) is 11.2. The van der Waals surface area contributed by atoms with Gasteiger partial charge in [-0.05, 0) is 17.7 Å². The number of carbonyl (C=O) groups is 1. The normalized spacial score (nSPS) is 18.0. The number of nitrogens with zero attached hydrogens (tertiary/aromatic N) is 4. The Bertz CT molecular complexity index is 731. The summed E-state index contributed by atoms with van der Waals surface area (Å²) in [5.74, 6) is -0.502. The fourth-order valence-electron chi connectivity index (χ4n) is 2.16. The quantitative estimate of drug-likeness (QED) is 0.895. The lowest BCUT2D eigenvalue weighted by Crippen LogP contribution is -2.34. The van der Waals surface area contributed by atoms with E-state index in [1.807, 2.05) is 0 Å². The zero-order chi connectivity index (χ0) is 15.0. The van der Waals surface area contributed by atoms with Crippen LogP contribution < -0.4 is 5.73 Å². The van der Waals surface area contributed by atoms with Crippen LogP contribution >= 0.6 is 0 Å². The number of hydrogen-bond acceptors (Lipinski definition) is 5. The molecule has 6 nitrogen and oxygen atoms in total. The molecule has 21 heavy (non-hydrogen) atoms. The molecule has 0 radical (unpaired) electrons. The van der Waals surface area contributed by atoms with E-state index in [-0.39, 0.29) is 11.9 Å². The first-order valence-corrected chi connectivity index (χ1v) is 6.23. The number of guanidine groups is 1. The van der Waals surface area contributed by atoms with E-state index in [4.69, 9.17) is 5.73 Å². The molecule has 0 fully saturated rings. The summed E-state index contributed by atoms with van der Waals surface area (Å²) in [7, 11) is 1.55. The van der Waals surface area contributed by atoms with Crippen molar-refractivity contribution in [1.29, 1.82) is 0 Å². The molecule has 0 saturated carbocycles. The average Bonchev–Trinajstić information content (AvgIpc) is 2.76. The summed E-state index contributed by atoms with van der Waals surface area (Å²) in [5, 5.41) is 0. The second-order valence-corrected chi connectivity index (χ2v) is 4.65. The van der Waals surface area contributed by atoms with E-state index in [0.717, 1.165) is 0 Å². The molecule has 0 bridgehead atoms. The van der Waals surface area contributed by atoms with E-state index in [1.54, 1.807) is 13.1 Å². The molecule has 0 spiro atoms. The average molecular weight is 285 g/mol. The molecule has 2 heterocycles. The number of rotatable bonds is 2. The predicted molar refractivity (Wildman–Crippen MR) is 74.6 cm³/mol. The van der Waals surface area contributed by atoms with E-state index in [1.165, 1.54) is 35.8 Å². The van der Waals surface area contributed by atoms with Crippen molar-refractivity contribution in [2.24, 2.45) is 10.7 Å². The number of nitrogens with two attached hydrogens (primary N) is 1. The van der Waals surface area contributed by atoms with Gasteiger partial charge in [0.25, 0.3) is 5.91 Å². The molecular weight excluding hydrogens is 273 g/mol. The molecular formula is C14H12FN5O. The number of halogens is 1. The van der Waals surface area contributed by atoms with E-state index < -0.39 is 11.9 Å². The zero-order valence-electron chi connectivity index (χ0n) is 11.2. The molecule has 0 unspecified atom stereocenters. The molecule has 2 N–H and O–H groups in total. The minimum absolute atomic E-state index is 0.152. The van der Waals surface area contributed by atoms with Crippen LogP contribution in [0.1, 0.15) is 11.6 Å². The van der Waals surface area contributed by atoms with Crippen LogP contribution in [0.4, 0.5) is 4.39 Å². The van der Waals surface area contributed by atoms with Crippen LogP contribution in [0.25, 0.3) is 11.1 Å². The maximum absolute atomic E-state index is 14.0. The Kier molecular flexibility index (Phi) is 3.09. The smallest absolute Gasteiger partial charge is 0.258 e. The van der Waals surface area contributed by atoms with Gasteiger partial charge in [-0.1, -0.05) is 6.07 Å². The van der Waals surface area contributed by atoms with Crippen molar-refractivity contribution < 1.29 is 9.18 Å². The largest absolute Gasteiger partial charge is 0.369 e. The third-order valence-corrected chi connectivity index (χ3v) is 3.35. The van der Waals surface area contributed by atoms with Gasteiger partial charge in [-0.15, -0.1) is 0 Å². The first-order chi connectivity index (χ1) is 10.1. The molecule has 1 aromatic heterocycles. The van der Waals surface area contributed by atoms with E-state index >= 15 is 0 Å². The van der Waals surface area contributed by atoms with Gasteiger partial charge < -0.3 is 5.73 Å². The van der Waals surface area contributed by atoms with Crippen molar-refractivity contribution in [2.75, 3.05) is 7.05 Å². The van der Waals surface area contributed by atoms with Gasteiger partial charge in [-0.2, -0.15) is 0 Å². The van der Waals surface area contributed by atoms with Crippen molar-refractivity contribution >= 4 is 11.9 Å². The van der Waals surface area contributed by atoms with Crippen LogP contribution in [0, 0.1) is 5.82 Å². The number of likely N-dealkylation sites (N-methyl/N-ethyl adjacent to an activating group) is 1. The Morgan fingerprint density at radius 1 is 1.29 bits per heavy atom. The monoisotopic (exact) mass is 285 g/mol. The third kappa shape index (κ3) is 2.22. The highest BCUT2D eigenvalue weighted by molar-refractivity contribution is 6.04. The first kappa shape index (κ1) is 13.2. The predicted octanol–water partition coefficient (Wildman–Crippen LogP) is 1.11. The maximum Gasteiger partial charge on any atom is 0.258 e. The van der Waals surface area contributed by atoms with Gasteiger partial charge >= 0.3 is 0 Å². The Labute approximate surface area is 120 Å². The van der Waals surface area contributed by atoms with Gasteiger partial charge in [0, 0.05) is 30.6 Å². The summed E-state index contributed by atoms with van der Waals surface area (Å²) < 4.78 is 14.0. The number of carbonyl (C=O) groups excluding carboxylic acids is 1. The summed E-state index contributed by atoms with van der Waals surface area (Å²) in [6, 6.07) is 3.67. The van der Waals surface area contributed by atoms with Crippen LogP contribution in [0.15, 0.2) is 41.9 Å². The number of benzene rings is 1. The minimum Gasteiger partial charge on any atom is -0.369 e. The summed E-state index contributed by atoms with van der Waals surface area (Å²) in [4.78, 5) is 25.2. The Morgan fingerprint density at radius 3 is 2.62 bits per heavy atom. The first-order valence-electron chi connectivity index (χ1n) is 6.23. The highest BCUT2D eigenvalue weighted by Crippen LogP contribution is 2.29. The van der Waals surface area contributed by atoms with Crippen molar-refractivity contribution in [1.82, 2.24) is 14.9 Å². The second-order valence-electron chi connectivity index (χ2n) is 4.65. The molecule has 1 atom stereocenters. The molecule has 1 aliphatic rings. The molecule has 1 aliphatic heterocycles. The molecule has 0 saturated heterocycles. The molecule has 2 aromatic rings. The van der Waals surface area contributed by atoms with Crippen molar-refractivity contribution in [2.45, 2.75) is 6.04 Å².